The molecule has 0 bridgehead atoms. The number of hydrogen-bond donors (Lipinski definition) is 1. The van der Waals surface area contributed by atoms with Gasteiger partial charge in [0.1, 0.15) is 10.0 Å². The zero-order chi connectivity index (χ0) is 15.4. The largest absolute Gasteiger partial charge is 0.322 e. The lowest BCUT2D eigenvalue weighted by atomic mass is 10.2. The highest BCUT2D eigenvalue weighted by atomic mass is 32.2. The number of hydrogen-bond acceptors (Lipinski definition) is 5. The standard InChI is InChI=1S/C14H18N4OS2/c1-9-5-11(7-15-6-9)13-16-10(2)12(21-13)17-14(19)18(3)8-20-4/h5-7H,8H2,1-4H3,(H,17,19). The van der Waals surface area contributed by atoms with E-state index in [2.05, 4.69) is 15.3 Å². The Morgan fingerprint density at radius 1 is 1.43 bits per heavy atom. The summed E-state index contributed by atoms with van der Waals surface area (Å²) < 4.78 is 0. The first-order valence-corrected chi connectivity index (χ1v) is 8.62. The number of aromatic nitrogens is 2. The molecule has 0 fully saturated rings. The zero-order valence-electron chi connectivity index (χ0n) is 12.5. The predicted molar refractivity (Wildman–Crippen MR) is 90.0 cm³/mol. The molecule has 21 heavy (non-hydrogen) atoms. The molecule has 2 rings (SSSR count). The Balaban J connectivity index is 2.18. The van der Waals surface area contributed by atoms with Crippen LogP contribution in [0.4, 0.5) is 9.80 Å². The van der Waals surface area contributed by atoms with Crippen LogP contribution in [0.5, 0.6) is 0 Å². The van der Waals surface area contributed by atoms with Gasteiger partial charge in [-0.15, -0.1) is 11.8 Å². The van der Waals surface area contributed by atoms with Crippen molar-refractivity contribution in [1.29, 1.82) is 0 Å². The molecular weight excluding hydrogens is 304 g/mol. The van der Waals surface area contributed by atoms with E-state index in [4.69, 9.17) is 0 Å². The van der Waals surface area contributed by atoms with E-state index >= 15 is 0 Å². The van der Waals surface area contributed by atoms with Crippen LogP contribution in [0.15, 0.2) is 18.5 Å². The third-order valence-electron chi connectivity index (χ3n) is 2.81. The lowest BCUT2D eigenvalue weighted by molar-refractivity contribution is 0.229. The number of thiazole rings is 1. The van der Waals surface area contributed by atoms with Crippen LogP contribution < -0.4 is 5.32 Å². The zero-order valence-corrected chi connectivity index (χ0v) is 14.1. The first kappa shape index (κ1) is 15.8. The van der Waals surface area contributed by atoms with E-state index in [9.17, 15) is 4.79 Å². The van der Waals surface area contributed by atoms with Crippen molar-refractivity contribution < 1.29 is 4.79 Å². The van der Waals surface area contributed by atoms with Gasteiger partial charge in [0.15, 0.2) is 0 Å². The lowest BCUT2D eigenvalue weighted by Gasteiger charge is -2.15. The quantitative estimate of drug-likeness (QED) is 0.874. The molecule has 0 saturated heterocycles. The molecular formula is C14H18N4OS2. The number of thioether (sulfide) groups is 1. The van der Waals surface area contributed by atoms with Gasteiger partial charge in [-0.05, 0) is 31.7 Å². The Hall–Kier alpha value is -1.60. The van der Waals surface area contributed by atoms with Crippen molar-refractivity contribution in [2.45, 2.75) is 13.8 Å². The SMILES string of the molecule is CSCN(C)C(=O)Nc1sc(-c2cncc(C)c2)nc1C. The maximum absolute atomic E-state index is 12.0. The number of carbonyl (C=O) groups is 1. The maximum Gasteiger partial charge on any atom is 0.322 e. The van der Waals surface area contributed by atoms with Crippen molar-refractivity contribution in [3.05, 3.63) is 29.7 Å². The summed E-state index contributed by atoms with van der Waals surface area (Å²) in [6.45, 7) is 3.89. The molecule has 7 heteroatoms. The molecule has 0 aliphatic rings. The van der Waals surface area contributed by atoms with E-state index in [1.807, 2.05) is 32.4 Å². The van der Waals surface area contributed by atoms with Gasteiger partial charge < -0.3 is 4.90 Å². The van der Waals surface area contributed by atoms with Crippen LogP contribution in [0, 0.1) is 13.8 Å². The lowest BCUT2D eigenvalue weighted by Crippen LogP contribution is -2.30. The predicted octanol–water partition coefficient (Wildman–Crippen LogP) is 3.61. The summed E-state index contributed by atoms with van der Waals surface area (Å²) in [6, 6.07) is 1.92. The first-order chi connectivity index (χ1) is 10.0. The molecule has 0 aromatic carbocycles. The summed E-state index contributed by atoms with van der Waals surface area (Å²) in [5.74, 6) is 0.651. The normalized spacial score (nSPS) is 10.5. The minimum atomic E-state index is -0.120. The highest BCUT2D eigenvalue weighted by molar-refractivity contribution is 7.98. The Labute approximate surface area is 132 Å². The second-order valence-corrected chi connectivity index (χ2v) is 6.57. The van der Waals surface area contributed by atoms with Gasteiger partial charge in [-0.3, -0.25) is 10.3 Å². The van der Waals surface area contributed by atoms with Crippen molar-refractivity contribution in [1.82, 2.24) is 14.9 Å². The third kappa shape index (κ3) is 3.95. The Morgan fingerprint density at radius 2 is 2.19 bits per heavy atom. The second-order valence-electron chi connectivity index (χ2n) is 4.73. The number of anilines is 1. The molecule has 0 aliphatic heterocycles. The van der Waals surface area contributed by atoms with E-state index < -0.39 is 0 Å². The minimum Gasteiger partial charge on any atom is -0.318 e. The van der Waals surface area contributed by atoms with Crippen molar-refractivity contribution in [2.75, 3.05) is 24.5 Å². The smallest absolute Gasteiger partial charge is 0.318 e. The highest BCUT2D eigenvalue weighted by Gasteiger charge is 2.14. The van der Waals surface area contributed by atoms with Gasteiger partial charge in [-0.1, -0.05) is 11.3 Å². The molecule has 0 radical (unpaired) electrons. The average Bonchev–Trinajstić information content (AvgIpc) is 2.80. The number of amides is 2. The molecule has 112 valence electrons. The van der Waals surface area contributed by atoms with E-state index in [1.165, 1.54) is 11.3 Å². The summed E-state index contributed by atoms with van der Waals surface area (Å²) in [4.78, 5) is 22.4. The number of aryl methyl sites for hydroxylation is 2. The number of carbonyl (C=O) groups excluding carboxylic acids is 1. The van der Waals surface area contributed by atoms with Crippen molar-refractivity contribution in [3.63, 3.8) is 0 Å². The third-order valence-corrected chi connectivity index (χ3v) is 4.58. The van der Waals surface area contributed by atoms with Gasteiger partial charge in [-0.25, -0.2) is 9.78 Å². The molecule has 2 amide bonds. The molecule has 5 nitrogen and oxygen atoms in total. The number of nitrogens with one attached hydrogen (secondary N) is 1. The van der Waals surface area contributed by atoms with Gasteiger partial charge >= 0.3 is 6.03 Å². The van der Waals surface area contributed by atoms with Crippen molar-refractivity contribution in [3.8, 4) is 10.6 Å². The fourth-order valence-corrected chi connectivity index (χ4v) is 3.19. The van der Waals surface area contributed by atoms with Crippen molar-refractivity contribution in [2.24, 2.45) is 0 Å². The van der Waals surface area contributed by atoms with Crippen LogP contribution in [0.3, 0.4) is 0 Å². The summed E-state index contributed by atoms with van der Waals surface area (Å²) >= 11 is 3.07. The van der Waals surface area contributed by atoms with E-state index in [0.29, 0.717) is 5.88 Å². The van der Waals surface area contributed by atoms with Gasteiger partial charge in [-0.2, -0.15) is 0 Å². The van der Waals surface area contributed by atoms with Crippen LogP contribution in [-0.4, -0.2) is 40.1 Å². The first-order valence-electron chi connectivity index (χ1n) is 6.41. The molecule has 2 aromatic rings. The molecule has 0 aliphatic carbocycles. The summed E-state index contributed by atoms with van der Waals surface area (Å²) in [5, 5.41) is 4.56. The maximum atomic E-state index is 12.0. The van der Waals surface area contributed by atoms with Gasteiger partial charge in [0, 0.05) is 25.0 Å². The molecule has 2 aromatic heterocycles. The molecule has 0 spiro atoms. The number of rotatable bonds is 4. The summed E-state index contributed by atoms with van der Waals surface area (Å²) in [5.41, 5.74) is 2.88. The van der Waals surface area contributed by atoms with Crippen LogP contribution in [0.2, 0.25) is 0 Å². The minimum absolute atomic E-state index is 0.120. The Bertz CT molecular complexity index is 642. The van der Waals surface area contributed by atoms with Crippen LogP contribution in [0.1, 0.15) is 11.3 Å². The van der Waals surface area contributed by atoms with Gasteiger partial charge in [0.25, 0.3) is 0 Å². The van der Waals surface area contributed by atoms with Crippen LogP contribution in [0.25, 0.3) is 10.6 Å². The van der Waals surface area contributed by atoms with Crippen LogP contribution in [-0.2, 0) is 0 Å². The van der Waals surface area contributed by atoms with Gasteiger partial charge in [0.05, 0.1) is 11.6 Å². The summed E-state index contributed by atoms with van der Waals surface area (Å²) in [7, 11) is 1.77. The van der Waals surface area contributed by atoms with Crippen LogP contribution >= 0.6 is 23.1 Å². The molecule has 0 saturated carbocycles. The number of urea groups is 1. The highest BCUT2D eigenvalue weighted by Crippen LogP contribution is 2.31. The van der Waals surface area contributed by atoms with E-state index in [1.54, 1.807) is 29.9 Å². The summed E-state index contributed by atoms with van der Waals surface area (Å²) in [6.07, 6.45) is 5.56. The average molecular weight is 322 g/mol. The van der Waals surface area contributed by atoms with Crippen molar-refractivity contribution >= 4 is 34.1 Å². The molecule has 0 unspecified atom stereocenters. The topological polar surface area (TPSA) is 58.1 Å². The molecule has 2 heterocycles. The number of pyridine rings is 1. The number of nitrogens with zero attached hydrogens (tertiary/aromatic N) is 3. The van der Waals surface area contributed by atoms with E-state index in [0.717, 1.165) is 26.8 Å². The van der Waals surface area contributed by atoms with Gasteiger partial charge in [0.2, 0.25) is 0 Å². The fraction of sp³-hybridized carbons (Fsp3) is 0.357. The Morgan fingerprint density at radius 3 is 2.86 bits per heavy atom. The molecule has 0 atom stereocenters. The Kier molecular flexibility index (Phi) is 5.19. The monoisotopic (exact) mass is 322 g/mol. The fourth-order valence-electron chi connectivity index (χ4n) is 1.75. The second kappa shape index (κ2) is 6.91. The van der Waals surface area contributed by atoms with E-state index in [-0.39, 0.29) is 6.03 Å². The molecule has 1 N–H and O–H groups in total.